The van der Waals surface area contributed by atoms with Crippen molar-refractivity contribution in [2.45, 2.75) is 63.9 Å². The summed E-state index contributed by atoms with van der Waals surface area (Å²) in [4.78, 5) is 0. The summed E-state index contributed by atoms with van der Waals surface area (Å²) in [7, 11) is 0. The normalized spacial score (nSPS) is 19.1. The molecule has 0 unspecified atom stereocenters. The van der Waals surface area contributed by atoms with Gasteiger partial charge in [-0.15, -0.1) is 0 Å². The smallest absolute Gasteiger partial charge is 0.445 e. The first-order valence-corrected chi connectivity index (χ1v) is 11.1. The number of halogens is 5. The lowest BCUT2D eigenvalue weighted by molar-refractivity contribution is -0.254. The van der Waals surface area contributed by atoms with Gasteiger partial charge in [-0.25, -0.2) is 4.39 Å². The van der Waals surface area contributed by atoms with Gasteiger partial charge in [-0.1, -0.05) is 44.0 Å². The molecule has 8 heteroatoms. The highest BCUT2D eigenvalue weighted by molar-refractivity contribution is 7.80. The molecule has 0 saturated heterocycles. The summed E-state index contributed by atoms with van der Waals surface area (Å²) < 4.78 is 73.6. The lowest BCUT2D eigenvalue weighted by Crippen LogP contribution is -2.33. The predicted octanol–water partition coefficient (Wildman–Crippen LogP) is 7.89. The zero-order valence-corrected chi connectivity index (χ0v) is 18.4. The van der Waals surface area contributed by atoms with Crippen molar-refractivity contribution >= 4 is 17.3 Å². The Kier molecular flexibility index (Phi) is 8.09. The molecule has 0 aromatic heterocycles. The van der Waals surface area contributed by atoms with E-state index in [0.29, 0.717) is 11.5 Å². The van der Waals surface area contributed by atoms with Crippen molar-refractivity contribution in [3.05, 3.63) is 59.4 Å². The summed E-state index contributed by atoms with van der Waals surface area (Å²) in [6.45, 7) is 2.22. The average Bonchev–Trinajstić information content (AvgIpc) is 2.76. The third-order valence-corrected chi connectivity index (χ3v) is 6.09. The minimum Gasteiger partial charge on any atom is -0.445 e. The molecule has 2 aromatic rings. The predicted molar refractivity (Wildman–Crippen MR) is 116 cm³/mol. The highest BCUT2D eigenvalue weighted by Gasteiger charge is 2.44. The second-order valence-corrected chi connectivity index (χ2v) is 8.45. The quantitative estimate of drug-likeness (QED) is 0.287. The number of thiocarbonyl (C=S) groups is 1. The topological polar surface area (TPSA) is 18.5 Å². The maximum Gasteiger partial charge on any atom is 0.461 e. The molecule has 1 aliphatic carbocycles. The molecule has 0 amide bonds. The minimum absolute atomic E-state index is 0.0569. The zero-order chi connectivity index (χ0) is 23.3. The fourth-order valence-electron chi connectivity index (χ4n) is 4.07. The molecular weight excluding hydrogens is 447 g/mol. The average molecular weight is 473 g/mol. The monoisotopic (exact) mass is 472 g/mol. The van der Waals surface area contributed by atoms with Gasteiger partial charge in [-0.3, -0.25) is 0 Å². The Morgan fingerprint density at radius 3 is 2.28 bits per heavy atom. The molecule has 1 saturated carbocycles. The molecule has 2 nitrogen and oxygen atoms in total. The molecule has 1 fully saturated rings. The van der Waals surface area contributed by atoms with Crippen molar-refractivity contribution in [1.82, 2.24) is 0 Å². The number of rotatable bonds is 8. The fourth-order valence-corrected chi connectivity index (χ4v) is 4.30. The lowest BCUT2D eigenvalue weighted by atomic mass is 9.77. The van der Waals surface area contributed by atoms with E-state index in [-0.39, 0.29) is 10.8 Å². The minimum atomic E-state index is -4.80. The Morgan fingerprint density at radius 1 is 1.06 bits per heavy atom. The van der Waals surface area contributed by atoms with E-state index in [1.807, 2.05) is 24.3 Å². The molecule has 2 aromatic carbocycles. The first kappa shape index (κ1) is 24.4. The van der Waals surface area contributed by atoms with E-state index in [4.69, 9.17) is 17.0 Å². The number of ether oxygens (including phenoxy) is 2. The summed E-state index contributed by atoms with van der Waals surface area (Å²) in [5.41, 5.74) is 1.87. The molecule has 0 heterocycles. The maximum absolute atomic E-state index is 14.0. The van der Waals surface area contributed by atoms with Crippen LogP contribution in [0.2, 0.25) is 0 Å². The van der Waals surface area contributed by atoms with Crippen LogP contribution in [0.15, 0.2) is 42.5 Å². The number of hydrogen-bond donors (Lipinski definition) is 0. The SMILES string of the molecule is CCC[C@H]1CC[C@H](c2ccc(C(=S)Oc3ccc(OC(F)(F)C(F)F)c(F)c3)cc2)CC1. The highest BCUT2D eigenvalue weighted by atomic mass is 32.1. The van der Waals surface area contributed by atoms with Crippen molar-refractivity contribution < 1.29 is 31.4 Å². The summed E-state index contributed by atoms with van der Waals surface area (Å²) >= 11 is 5.25. The van der Waals surface area contributed by atoms with E-state index in [1.54, 1.807) is 0 Å². The van der Waals surface area contributed by atoms with Gasteiger partial charge < -0.3 is 9.47 Å². The zero-order valence-electron chi connectivity index (χ0n) is 17.6. The number of hydrogen-bond acceptors (Lipinski definition) is 3. The van der Waals surface area contributed by atoms with Crippen LogP contribution in [0.4, 0.5) is 22.0 Å². The van der Waals surface area contributed by atoms with Gasteiger partial charge in [-0.05, 0) is 67.4 Å². The molecule has 0 radical (unpaired) electrons. The molecule has 0 atom stereocenters. The van der Waals surface area contributed by atoms with Crippen molar-refractivity contribution in [3.8, 4) is 11.5 Å². The molecule has 0 aliphatic heterocycles. The van der Waals surface area contributed by atoms with Crippen LogP contribution in [0, 0.1) is 11.7 Å². The summed E-state index contributed by atoms with van der Waals surface area (Å²) in [5, 5.41) is 0.0779. The highest BCUT2D eigenvalue weighted by Crippen LogP contribution is 2.37. The van der Waals surface area contributed by atoms with Crippen LogP contribution < -0.4 is 9.47 Å². The molecule has 1 aliphatic rings. The van der Waals surface area contributed by atoms with Gasteiger partial charge in [0.1, 0.15) is 5.75 Å². The van der Waals surface area contributed by atoms with E-state index in [9.17, 15) is 22.0 Å². The van der Waals surface area contributed by atoms with Gasteiger partial charge in [0.15, 0.2) is 16.6 Å². The van der Waals surface area contributed by atoms with Gasteiger partial charge >= 0.3 is 12.5 Å². The van der Waals surface area contributed by atoms with Crippen molar-refractivity contribution in [3.63, 3.8) is 0 Å². The first-order chi connectivity index (χ1) is 15.2. The van der Waals surface area contributed by atoms with E-state index in [0.717, 1.165) is 24.1 Å². The van der Waals surface area contributed by atoms with E-state index in [1.165, 1.54) is 44.1 Å². The van der Waals surface area contributed by atoms with E-state index < -0.39 is 24.1 Å². The second kappa shape index (κ2) is 10.6. The fraction of sp³-hybridized carbons (Fsp3) is 0.458. The molecular formula is C24H25F5O2S. The Labute approximate surface area is 189 Å². The van der Waals surface area contributed by atoms with E-state index >= 15 is 0 Å². The standard InChI is InChI=1S/C24H25F5O2S/c1-2-3-15-4-6-16(7-5-15)17-8-10-18(11-9-17)22(32)30-19-12-13-21(20(25)14-19)31-24(28,29)23(26)27/h8-16,23H,2-7H2,1H3/t15-,16-. The van der Waals surface area contributed by atoms with Crippen LogP contribution in [0.3, 0.4) is 0 Å². The van der Waals surface area contributed by atoms with Gasteiger partial charge in [0.2, 0.25) is 0 Å². The Morgan fingerprint density at radius 2 is 1.72 bits per heavy atom. The molecule has 174 valence electrons. The van der Waals surface area contributed by atoms with Crippen LogP contribution in [0.5, 0.6) is 11.5 Å². The summed E-state index contributed by atoms with van der Waals surface area (Å²) in [6, 6.07) is 10.4. The summed E-state index contributed by atoms with van der Waals surface area (Å²) in [5.74, 6) is -0.972. The van der Waals surface area contributed by atoms with Crippen LogP contribution >= 0.6 is 12.2 Å². The second-order valence-electron chi connectivity index (χ2n) is 8.07. The molecule has 0 spiro atoms. The molecule has 3 rings (SSSR count). The molecule has 0 N–H and O–H groups in total. The number of alkyl halides is 4. The van der Waals surface area contributed by atoms with Crippen molar-refractivity contribution in [2.24, 2.45) is 5.92 Å². The van der Waals surface area contributed by atoms with Crippen LogP contribution in [-0.4, -0.2) is 17.6 Å². The largest absolute Gasteiger partial charge is 0.461 e. The Hall–Kier alpha value is -2.22. The van der Waals surface area contributed by atoms with Gasteiger partial charge in [0.25, 0.3) is 0 Å². The molecule has 32 heavy (non-hydrogen) atoms. The third-order valence-electron chi connectivity index (χ3n) is 5.78. The van der Waals surface area contributed by atoms with E-state index in [2.05, 4.69) is 11.7 Å². The van der Waals surface area contributed by atoms with Crippen molar-refractivity contribution in [1.29, 1.82) is 0 Å². The van der Waals surface area contributed by atoms with Gasteiger partial charge in [-0.2, -0.15) is 17.6 Å². The van der Waals surface area contributed by atoms with Crippen LogP contribution in [0.1, 0.15) is 62.5 Å². The van der Waals surface area contributed by atoms with Gasteiger partial charge in [0.05, 0.1) is 0 Å². The molecule has 0 bridgehead atoms. The first-order valence-electron chi connectivity index (χ1n) is 10.7. The van der Waals surface area contributed by atoms with Gasteiger partial charge in [0, 0.05) is 11.6 Å². The lowest BCUT2D eigenvalue weighted by Gasteiger charge is -2.28. The Balaban J connectivity index is 1.59. The van der Waals surface area contributed by atoms with Crippen LogP contribution in [-0.2, 0) is 0 Å². The van der Waals surface area contributed by atoms with Crippen LogP contribution in [0.25, 0.3) is 0 Å². The third kappa shape index (κ3) is 6.18. The van der Waals surface area contributed by atoms with Crippen molar-refractivity contribution in [2.75, 3.05) is 0 Å². The maximum atomic E-state index is 14.0. The Bertz CT molecular complexity index is 909. The summed E-state index contributed by atoms with van der Waals surface area (Å²) in [6.07, 6.45) is -1.53. The number of benzene rings is 2.